The van der Waals surface area contributed by atoms with E-state index in [1.165, 1.54) is 32.6 Å². The van der Waals surface area contributed by atoms with Gasteiger partial charge in [-0.25, -0.2) is 0 Å². The molecule has 4 aliphatic carbocycles. The lowest BCUT2D eigenvalue weighted by atomic mass is 9.43. The monoisotopic (exact) mass is 458 g/mol. The van der Waals surface area contributed by atoms with Gasteiger partial charge in [-0.3, -0.25) is 4.79 Å². The van der Waals surface area contributed by atoms with Crippen LogP contribution in [0.25, 0.3) is 0 Å². The van der Waals surface area contributed by atoms with Gasteiger partial charge >= 0.3 is 5.97 Å². The number of rotatable bonds is 5. The first kappa shape index (κ1) is 25.3. The third-order valence-corrected chi connectivity index (χ3v) is 11.4. The normalized spacial score (nSPS) is 47.0. The van der Waals surface area contributed by atoms with Crippen LogP contribution in [0.15, 0.2) is 12.2 Å². The number of carbonyl (C=O) groups is 1. The van der Waals surface area contributed by atoms with Gasteiger partial charge in [0, 0.05) is 6.92 Å². The van der Waals surface area contributed by atoms with E-state index in [2.05, 4.69) is 53.7 Å². The van der Waals surface area contributed by atoms with E-state index in [-0.39, 0.29) is 29.0 Å². The van der Waals surface area contributed by atoms with Crippen LogP contribution in [0.4, 0.5) is 0 Å². The Balaban J connectivity index is 1.51. The van der Waals surface area contributed by atoms with Gasteiger partial charge in [0.15, 0.2) is 0 Å². The molecule has 0 radical (unpaired) electrons. The van der Waals surface area contributed by atoms with Crippen molar-refractivity contribution in [3.8, 4) is 0 Å². The van der Waals surface area contributed by atoms with Crippen LogP contribution in [0.1, 0.15) is 99.8 Å². The molecule has 3 nitrogen and oxygen atoms in total. The topological polar surface area (TPSA) is 46.5 Å². The molecule has 11 atom stereocenters. The van der Waals surface area contributed by atoms with Crippen molar-refractivity contribution in [2.45, 2.75) is 112 Å². The lowest BCUT2D eigenvalue weighted by Gasteiger charge is -2.62. The third-order valence-electron chi connectivity index (χ3n) is 11.4. The molecule has 0 aromatic heterocycles. The summed E-state index contributed by atoms with van der Waals surface area (Å²) in [6.45, 7) is 15.9. The first-order chi connectivity index (χ1) is 15.5. The fourth-order valence-corrected chi connectivity index (χ4v) is 9.29. The van der Waals surface area contributed by atoms with Gasteiger partial charge in [0.05, 0.1) is 6.10 Å². The first-order valence-electron chi connectivity index (χ1n) is 14.0. The van der Waals surface area contributed by atoms with Gasteiger partial charge in [0.1, 0.15) is 6.10 Å². The van der Waals surface area contributed by atoms with Gasteiger partial charge in [0.2, 0.25) is 0 Å². The van der Waals surface area contributed by atoms with Crippen molar-refractivity contribution in [1.82, 2.24) is 0 Å². The van der Waals surface area contributed by atoms with Crippen molar-refractivity contribution >= 4 is 5.97 Å². The molecule has 4 saturated carbocycles. The van der Waals surface area contributed by atoms with Crippen LogP contribution >= 0.6 is 0 Å². The van der Waals surface area contributed by atoms with Gasteiger partial charge in [-0.1, -0.05) is 53.7 Å². The molecule has 0 aromatic carbocycles. The quantitative estimate of drug-likeness (QED) is 0.355. The second-order valence-corrected chi connectivity index (χ2v) is 13.4. The van der Waals surface area contributed by atoms with Gasteiger partial charge in [-0.05, 0) is 110 Å². The molecule has 188 valence electrons. The lowest BCUT2D eigenvalue weighted by Crippen LogP contribution is -2.59. The minimum absolute atomic E-state index is 0.0832. The standard InChI is InChI=1S/C30H50O3/c1-18(2)19(3)8-9-20(4)25-12-13-26-24-11-10-22-16-23(33-21(5)31)14-15-29(22,6)28(24)27(32)17-30(25,26)7/h8-9,18-20,22-28,32H,10-17H2,1-7H3/b9-8+/t19-,20+,22-,23-,24-,25+,26-,27+,28+,29-,30+/m0/s1. The Bertz CT molecular complexity index is 743. The van der Waals surface area contributed by atoms with Crippen LogP contribution < -0.4 is 0 Å². The highest BCUT2D eigenvalue weighted by molar-refractivity contribution is 5.66. The second-order valence-electron chi connectivity index (χ2n) is 13.4. The number of allylic oxidation sites excluding steroid dienone is 2. The Kier molecular flexibility index (Phi) is 7.14. The molecule has 0 amide bonds. The molecule has 4 rings (SSSR count). The third kappa shape index (κ3) is 4.45. The van der Waals surface area contributed by atoms with Gasteiger partial charge in [-0.2, -0.15) is 0 Å². The average Bonchev–Trinajstić information content (AvgIpc) is 3.07. The van der Waals surface area contributed by atoms with E-state index in [0.717, 1.165) is 31.6 Å². The number of ether oxygens (including phenoxy) is 1. The number of carbonyl (C=O) groups excluding carboxylic acids is 1. The Labute approximate surface area is 203 Å². The van der Waals surface area contributed by atoms with E-state index >= 15 is 0 Å². The van der Waals surface area contributed by atoms with E-state index in [1.807, 2.05) is 0 Å². The second kappa shape index (κ2) is 9.32. The maximum atomic E-state index is 11.7. The van der Waals surface area contributed by atoms with Crippen LogP contribution in [-0.2, 0) is 9.53 Å². The molecule has 1 N–H and O–H groups in total. The zero-order valence-corrected chi connectivity index (χ0v) is 22.3. The molecule has 33 heavy (non-hydrogen) atoms. The van der Waals surface area contributed by atoms with Crippen molar-refractivity contribution in [3.63, 3.8) is 0 Å². The summed E-state index contributed by atoms with van der Waals surface area (Å²) < 4.78 is 5.62. The predicted molar refractivity (Wildman–Crippen MR) is 134 cm³/mol. The average molecular weight is 459 g/mol. The van der Waals surface area contributed by atoms with Crippen molar-refractivity contribution < 1.29 is 14.6 Å². The molecule has 0 spiro atoms. The van der Waals surface area contributed by atoms with Gasteiger partial charge in [0.25, 0.3) is 0 Å². The predicted octanol–water partition coefficient (Wildman–Crippen LogP) is 7.03. The fourth-order valence-electron chi connectivity index (χ4n) is 9.29. The molecule has 0 bridgehead atoms. The number of aliphatic hydroxyl groups is 1. The Hall–Kier alpha value is -0.830. The summed E-state index contributed by atoms with van der Waals surface area (Å²) in [5.74, 6) is 4.81. The molecule has 0 aromatic rings. The first-order valence-corrected chi connectivity index (χ1v) is 14.0. The number of fused-ring (bicyclic) bond motifs is 5. The minimum atomic E-state index is -0.194. The smallest absolute Gasteiger partial charge is 0.302 e. The fraction of sp³-hybridized carbons (Fsp3) is 0.900. The van der Waals surface area contributed by atoms with Crippen LogP contribution in [-0.4, -0.2) is 23.3 Å². The number of hydrogen-bond acceptors (Lipinski definition) is 3. The summed E-state index contributed by atoms with van der Waals surface area (Å²) in [5, 5.41) is 11.7. The number of aliphatic hydroxyl groups excluding tert-OH is 1. The largest absolute Gasteiger partial charge is 0.463 e. The highest BCUT2D eigenvalue weighted by Crippen LogP contribution is 2.68. The number of esters is 1. The minimum Gasteiger partial charge on any atom is -0.463 e. The molecular formula is C30H50O3. The molecule has 0 saturated heterocycles. The van der Waals surface area contributed by atoms with Gasteiger partial charge in [-0.15, -0.1) is 0 Å². The summed E-state index contributed by atoms with van der Waals surface area (Å²) >= 11 is 0. The Morgan fingerprint density at radius 3 is 2.39 bits per heavy atom. The lowest BCUT2D eigenvalue weighted by molar-refractivity contribution is -0.185. The number of hydrogen-bond donors (Lipinski definition) is 1. The highest BCUT2D eigenvalue weighted by Gasteiger charge is 2.63. The van der Waals surface area contributed by atoms with Gasteiger partial charge < -0.3 is 9.84 Å². The molecule has 3 heteroatoms. The molecule has 4 fully saturated rings. The van der Waals surface area contributed by atoms with Crippen molar-refractivity contribution in [3.05, 3.63) is 12.2 Å². The Morgan fingerprint density at radius 2 is 1.73 bits per heavy atom. The summed E-state index contributed by atoms with van der Waals surface area (Å²) in [6.07, 6.45) is 14.0. The van der Waals surface area contributed by atoms with E-state index in [1.54, 1.807) is 0 Å². The zero-order chi connectivity index (χ0) is 24.1. The summed E-state index contributed by atoms with van der Waals surface area (Å²) in [5.41, 5.74) is 0.445. The SMILES string of the molecule is CC(=O)O[C@H]1CC[C@@]2(C)[C@@H](CC[C@@H]3[C@@H]2[C@H](O)C[C@]2(C)[C@@H]([C@H](C)/C=C/[C@H](C)C(C)C)CC[C@@H]32)C1. The van der Waals surface area contributed by atoms with Crippen LogP contribution in [0.2, 0.25) is 0 Å². The van der Waals surface area contributed by atoms with E-state index in [4.69, 9.17) is 4.74 Å². The van der Waals surface area contributed by atoms with Crippen molar-refractivity contribution in [2.75, 3.05) is 0 Å². The van der Waals surface area contributed by atoms with E-state index in [9.17, 15) is 9.90 Å². The molecule has 0 heterocycles. The zero-order valence-electron chi connectivity index (χ0n) is 22.3. The maximum Gasteiger partial charge on any atom is 0.302 e. The Morgan fingerprint density at radius 1 is 1.00 bits per heavy atom. The summed E-state index contributed by atoms with van der Waals surface area (Å²) in [6, 6.07) is 0. The van der Waals surface area contributed by atoms with Crippen LogP contribution in [0.5, 0.6) is 0 Å². The molecule has 4 aliphatic rings. The molecule has 0 aliphatic heterocycles. The van der Waals surface area contributed by atoms with E-state index in [0.29, 0.717) is 41.4 Å². The highest BCUT2D eigenvalue weighted by atomic mass is 16.5. The molecule has 0 unspecified atom stereocenters. The summed E-state index contributed by atoms with van der Waals surface area (Å²) in [4.78, 5) is 11.5. The van der Waals surface area contributed by atoms with Crippen LogP contribution in [0.3, 0.4) is 0 Å². The van der Waals surface area contributed by atoms with Crippen molar-refractivity contribution in [1.29, 1.82) is 0 Å². The van der Waals surface area contributed by atoms with E-state index < -0.39 is 0 Å². The van der Waals surface area contributed by atoms with Crippen molar-refractivity contribution in [2.24, 2.45) is 58.2 Å². The van der Waals surface area contributed by atoms with Crippen LogP contribution in [0, 0.1) is 58.2 Å². The maximum absolute atomic E-state index is 11.7. The summed E-state index contributed by atoms with van der Waals surface area (Å²) in [7, 11) is 0. The molecular weight excluding hydrogens is 408 g/mol.